The van der Waals surface area contributed by atoms with E-state index in [9.17, 15) is 4.79 Å². The van der Waals surface area contributed by atoms with Crippen LogP contribution in [0.3, 0.4) is 0 Å². The average molecular weight is 297 g/mol. The van der Waals surface area contributed by atoms with Gasteiger partial charge in [-0.15, -0.1) is 0 Å². The number of benzene rings is 2. The van der Waals surface area contributed by atoms with Gasteiger partial charge in [-0.2, -0.15) is 0 Å². The summed E-state index contributed by atoms with van der Waals surface area (Å²) in [6.07, 6.45) is 1.87. The van der Waals surface area contributed by atoms with Gasteiger partial charge >= 0.3 is 6.03 Å². The van der Waals surface area contributed by atoms with Crippen LogP contribution in [-0.2, 0) is 0 Å². The van der Waals surface area contributed by atoms with Crippen molar-refractivity contribution in [2.45, 2.75) is 32.7 Å². The fraction of sp³-hybridized carbons (Fsp3) is 0.278. The predicted octanol–water partition coefficient (Wildman–Crippen LogP) is 4.74. The molecule has 0 heterocycles. The third-order valence-electron chi connectivity index (χ3n) is 3.53. The number of rotatable bonds is 6. The van der Waals surface area contributed by atoms with E-state index in [4.69, 9.17) is 0 Å². The van der Waals surface area contributed by atoms with E-state index < -0.39 is 0 Å². The lowest BCUT2D eigenvalue weighted by molar-refractivity contribution is 0.247. The highest BCUT2D eigenvalue weighted by molar-refractivity contribution is 5.89. The monoisotopic (exact) mass is 297 g/mol. The minimum atomic E-state index is -0.155. The summed E-state index contributed by atoms with van der Waals surface area (Å²) >= 11 is 0. The van der Waals surface area contributed by atoms with Crippen LogP contribution in [0.25, 0.3) is 0 Å². The van der Waals surface area contributed by atoms with E-state index in [2.05, 4.69) is 29.8 Å². The zero-order valence-electron chi connectivity index (χ0n) is 13.1. The number of para-hydroxylation sites is 1. The third-order valence-corrected chi connectivity index (χ3v) is 3.53. The Labute approximate surface area is 131 Å². The molecule has 0 unspecified atom stereocenters. The van der Waals surface area contributed by atoms with Gasteiger partial charge in [0.15, 0.2) is 0 Å². The molecule has 0 saturated carbocycles. The van der Waals surface area contributed by atoms with E-state index >= 15 is 0 Å². The standard InChI is InChI=1S/C18H23N3O/c1-3-14(4-2)20-18(22)21-17-12-10-16(11-13-17)19-15-8-6-5-7-9-15/h5-14,19H,3-4H2,1-2H3,(H2,20,21,22). The molecule has 4 nitrogen and oxygen atoms in total. The zero-order valence-corrected chi connectivity index (χ0v) is 13.1. The molecule has 0 bridgehead atoms. The number of anilines is 3. The average Bonchev–Trinajstić information content (AvgIpc) is 2.55. The van der Waals surface area contributed by atoms with Gasteiger partial charge in [-0.1, -0.05) is 32.0 Å². The summed E-state index contributed by atoms with van der Waals surface area (Å²) < 4.78 is 0. The zero-order chi connectivity index (χ0) is 15.8. The van der Waals surface area contributed by atoms with Crippen molar-refractivity contribution in [3.05, 3.63) is 54.6 Å². The minimum Gasteiger partial charge on any atom is -0.356 e. The molecule has 3 N–H and O–H groups in total. The topological polar surface area (TPSA) is 53.2 Å². The summed E-state index contributed by atoms with van der Waals surface area (Å²) in [5.41, 5.74) is 2.80. The van der Waals surface area contributed by atoms with Crippen LogP contribution in [-0.4, -0.2) is 12.1 Å². The van der Waals surface area contributed by atoms with Crippen molar-refractivity contribution < 1.29 is 4.79 Å². The molecule has 2 aromatic rings. The Balaban J connectivity index is 1.90. The summed E-state index contributed by atoms with van der Waals surface area (Å²) in [7, 11) is 0. The Morgan fingerprint density at radius 2 is 1.41 bits per heavy atom. The van der Waals surface area contributed by atoms with Crippen LogP contribution >= 0.6 is 0 Å². The molecule has 2 rings (SSSR count). The molecule has 22 heavy (non-hydrogen) atoms. The Morgan fingerprint density at radius 1 is 0.864 bits per heavy atom. The van der Waals surface area contributed by atoms with Crippen molar-refractivity contribution in [1.82, 2.24) is 5.32 Å². The molecule has 0 atom stereocenters. The van der Waals surface area contributed by atoms with Crippen molar-refractivity contribution in [2.24, 2.45) is 0 Å². The maximum Gasteiger partial charge on any atom is 0.319 e. The third kappa shape index (κ3) is 4.81. The molecule has 4 heteroatoms. The van der Waals surface area contributed by atoms with E-state index in [1.165, 1.54) is 0 Å². The SMILES string of the molecule is CCC(CC)NC(=O)Nc1ccc(Nc2ccccc2)cc1. The minimum absolute atomic E-state index is 0.155. The van der Waals surface area contributed by atoms with Gasteiger partial charge in [0, 0.05) is 23.1 Å². The molecular formula is C18H23N3O. The molecule has 2 amide bonds. The van der Waals surface area contributed by atoms with Crippen molar-refractivity contribution >= 4 is 23.1 Å². The lowest BCUT2D eigenvalue weighted by Crippen LogP contribution is -2.37. The number of urea groups is 1. The van der Waals surface area contributed by atoms with Crippen LogP contribution in [0.2, 0.25) is 0 Å². The molecule has 0 aromatic heterocycles. The second kappa shape index (κ2) is 8.08. The van der Waals surface area contributed by atoms with E-state index in [0.717, 1.165) is 29.9 Å². The second-order valence-corrected chi connectivity index (χ2v) is 5.18. The number of hydrogen-bond donors (Lipinski definition) is 3. The summed E-state index contributed by atoms with van der Waals surface area (Å²) in [5.74, 6) is 0. The van der Waals surface area contributed by atoms with E-state index in [1.807, 2.05) is 54.6 Å². The van der Waals surface area contributed by atoms with Crippen LogP contribution in [0.15, 0.2) is 54.6 Å². The Hall–Kier alpha value is -2.49. The van der Waals surface area contributed by atoms with E-state index in [-0.39, 0.29) is 12.1 Å². The number of carbonyl (C=O) groups is 1. The molecule has 0 radical (unpaired) electrons. The fourth-order valence-corrected chi connectivity index (χ4v) is 2.17. The summed E-state index contributed by atoms with van der Waals surface area (Å²) in [6, 6.07) is 17.7. The molecule has 0 spiro atoms. The number of carbonyl (C=O) groups excluding carboxylic acids is 1. The lowest BCUT2D eigenvalue weighted by Gasteiger charge is -2.15. The molecule has 0 aliphatic carbocycles. The highest BCUT2D eigenvalue weighted by Crippen LogP contribution is 2.18. The van der Waals surface area contributed by atoms with Gasteiger partial charge in [0.1, 0.15) is 0 Å². The number of nitrogens with one attached hydrogen (secondary N) is 3. The van der Waals surface area contributed by atoms with Crippen LogP contribution in [0.1, 0.15) is 26.7 Å². The smallest absolute Gasteiger partial charge is 0.319 e. The Morgan fingerprint density at radius 3 is 2.00 bits per heavy atom. The maximum absolute atomic E-state index is 11.9. The molecule has 0 aliphatic rings. The first kappa shape index (κ1) is 15.9. The van der Waals surface area contributed by atoms with Gasteiger partial charge < -0.3 is 16.0 Å². The van der Waals surface area contributed by atoms with Gasteiger partial charge in [0.05, 0.1) is 0 Å². The highest BCUT2D eigenvalue weighted by atomic mass is 16.2. The molecule has 0 fully saturated rings. The first-order valence-electron chi connectivity index (χ1n) is 7.71. The number of hydrogen-bond acceptors (Lipinski definition) is 2. The van der Waals surface area contributed by atoms with Gasteiger partial charge in [0.2, 0.25) is 0 Å². The van der Waals surface area contributed by atoms with Crippen LogP contribution < -0.4 is 16.0 Å². The van der Waals surface area contributed by atoms with Crippen molar-refractivity contribution in [2.75, 3.05) is 10.6 Å². The first-order valence-corrected chi connectivity index (χ1v) is 7.71. The summed E-state index contributed by atoms with van der Waals surface area (Å²) in [4.78, 5) is 11.9. The molecular weight excluding hydrogens is 274 g/mol. The van der Waals surface area contributed by atoms with Crippen LogP contribution in [0.5, 0.6) is 0 Å². The van der Waals surface area contributed by atoms with Gasteiger partial charge in [-0.25, -0.2) is 4.79 Å². The maximum atomic E-state index is 11.9. The van der Waals surface area contributed by atoms with Gasteiger partial charge in [-0.05, 0) is 49.2 Å². The van der Waals surface area contributed by atoms with Gasteiger partial charge in [0.25, 0.3) is 0 Å². The van der Waals surface area contributed by atoms with Gasteiger partial charge in [-0.3, -0.25) is 0 Å². The highest BCUT2D eigenvalue weighted by Gasteiger charge is 2.07. The summed E-state index contributed by atoms with van der Waals surface area (Å²) in [6.45, 7) is 4.14. The normalized spacial score (nSPS) is 10.3. The van der Waals surface area contributed by atoms with Crippen LogP contribution in [0, 0.1) is 0 Å². The summed E-state index contributed by atoms with van der Waals surface area (Å²) in [5, 5.41) is 9.11. The fourth-order valence-electron chi connectivity index (χ4n) is 2.17. The number of amides is 2. The quantitative estimate of drug-likeness (QED) is 0.721. The predicted molar refractivity (Wildman–Crippen MR) is 92.7 cm³/mol. The molecule has 0 saturated heterocycles. The Bertz CT molecular complexity index is 577. The molecule has 116 valence electrons. The molecule has 2 aromatic carbocycles. The van der Waals surface area contributed by atoms with E-state index in [0.29, 0.717) is 0 Å². The van der Waals surface area contributed by atoms with E-state index in [1.54, 1.807) is 0 Å². The molecule has 0 aliphatic heterocycles. The van der Waals surface area contributed by atoms with Crippen molar-refractivity contribution in [1.29, 1.82) is 0 Å². The lowest BCUT2D eigenvalue weighted by atomic mass is 10.2. The van der Waals surface area contributed by atoms with Crippen LogP contribution in [0.4, 0.5) is 21.9 Å². The first-order chi connectivity index (χ1) is 10.7. The van der Waals surface area contributed by atoms with Crippen molar-refractivity contribution in [3.8, 4) is 0 Å². The second-order valence-electron chi connectivity index (χ2n) is 5.18. The van der Waals surface area contributed by atoms with Crippen molar-refractivity contribution in [3.63, 3.8) is 0 Å². The Kier molecular flexibility index (Phi) is 5.83. The largest absolute Gasteiger partial charge is 0.356 e.